The molecule has 5 nitrogen and oxygen atoms in total. The second kappa shape index (κ2) is 3.33. The first-order valence-corrected chi connectivity index (χ1v) is 3.81. The molecule has 1 N–H and O–H groups in total. The molecule has 0 aromatic rings. The molecule has 0 aliphatic rings. The lowest BCUT2D eigenvalue weighted by atomic mass is 10.7. The monoisotopic (exact) mass is 166 g/mol. The van der Waals surface area contributed by atoms with Crippen LogP contribution in [0.5, 0.6) is 0 Å². The van der Waals surface area contributed by atoms with Crippen LogP contribution in [0.25, 0.3) is 0 Å². The fourth-order valence-corrected chi connectivity index (χ4v) is 0.457. The van der Waals surface area contributed by atoms with Crippen LogP contribution in [0.1, 0.15) is 0 Å². The quantitative estimate of drug-likeness (QED) is 0.349. The average Bonchev–Trinajstić information content (AvgIpc) is 1.81. The van der Waals surface area contributed by atoms with Gasteiger partial charge in [0.2, 0.25) is 5.94 Å². The molecule has 0 aromatic heterocycles. The third kappa shape index (κ3) is 5.26. The topological polar surface area (TPSA) is 80.7 Å². The van der Waals surface area contributed by atoms with Gasteiger partial charge in [-0.3, -0.25) is 4.55 Å². The number of hydrogen-bond donors (Lipinski definition) is 1. The van der Waals surface area contributed by atoms with E-state index < -0.39 is 22.0 Å². The Morgan fingerprint density at radius 2 is 2.20 bits per heavy atom. The molecule has 0 radical (unpaired) electrons. The third-order valence-electron chi connectivity index (χ3n) is 0.517. The SMILES string of the molecule is C=CC(=O)OCS(=O)(=O)O. The molecule has 0 heterocycles. The van der Waals surface area contributed by atoms with Gasteiger partial charge in [0.25, 0.3) is 0 Å². The first-order valence-electron chi connectivity index (χ1n) is 2.20. The highest BCUT2D eigenvalue weighted by molar-refractivity contribution is 7.85. The Kier molecular flexibility index (Phi) is 3.04. The summed E-state index contributed by atoms with van der Waals surface area (Å²) in [7, 11) is -4.22. The Bertz CT molecular complexity index is 226. The summed E-state index contributed by atoms with van der Waals surface area (Å²) in [5.74, 6) is -1.92. The Hall–Kier alpha value is -0.880. The Morgan fingerprint density at radius 3 is 2.50 bits per heavy atom. The summed E-state index contributed by atoms with van der Waals surface area (Å²) in [5.41, 5.74) is 0. The highest BCUT2D eigenvalue weighted by Gasteiger charge is 2.06. The Balaban J connectivity index is 3.78. The lowest BCUT2D eigenvalue weighted by Crippen LogP contribution is -2.11. The van der Waals surface area contributed by atoms with Gasteiger partial charge in [0.05, 0.1) is 0 Å². The van der Waals surface area contributed by atoms with Gasteiger partial charge in [0.15, 0.2) is 0 Å². The lowest BCUT2D eigenvalue weighted by Gasteiger charge is -1.95. The molecule has 0 saturated heterocycles. The third-order valence-corrected chi connectivity index (χ3v) is 0.932. The summed E-state index contributed by atoms with van der Waals surface area (Å²) < 4.78 is 31.8. The number of rotatable bonds is 3. The minimum absolute atomic E-state index is 0.797. The van der Waals surface area contributed by atoms with Crippen molar-refractivity contribution in [1.82, 2.24) is 0 Å². The largest absolute Gasteiger partial charge is 0.444 e. The van der Waals surface area contributed by atoms with Crippen molar-refractivity contribution in [2.24, 2.45) is 0 Å². The molecule has 0 atom stereocenters. The van der Waals surface area contributed by atoms with Crippen LogP contribution in [0.15, 0.2) is 12.7 Å². The predicted molar refractivity (Wildman–Crippen MR) is 32.7 cm³/mol. The lowest BCUT2D eigenvalue weighted by molar-refractivity contribution is -0.135. The van der Waals surface area contributed by atoms with E-state index in [0.29, 0.717) is 0 Å². The van der Waals surface area contributed by atoms with Crippen molar-refractivity contribution >= 4 is 16.1 Å². The summed E-state index contributed by atoms with van der Waals surface area (Å²) in [6.07, 6.45) is 0.797. The van der Waals surface area contributed by atoms with Gasteiger partial charge in [0.1, 0.15) is 0 Å². The fraction of sp³-hybridized carbons (Fsp3) is 0.250. The van der Waals surface area contributed by atoms with Crippen molar-refractivity contribution in [3.63, 3.8) is 0 Å². The first-order chi connectivity index (χ1) is 4.45. The molecule has 6 heteroatoms. The normalized spacial score (nSPS) is 10.5. The maximum absolute atomic E-state index is 10.1. The van der Waals surface area contributed by atoms with Crippen LogP contribution < -0.4 is 0 Å². The van der Waals surface area contributed by atoms with E-state index >= 15 is 0 Å². The number of carbonyl (C=O) groups excluding carboxylic acids is 1. The van der Waals surface area contributed by atoms with Crippen LogP contribution in [0.2, 0.25) is 0 Å². The zero-order chi connectivity index (χ0) is 8.20. The molecule has 0 spiro atoms. The summed E-state index contributed by atoms with van der Waals surface area (Å²) in [4.78, 5) is 10.1. The standard InChI is InChI=1S/C4H6O5S/c1-2-4(5)9-3-10(6,7)8/h2H,1,3H2,(H,6,7,8). The number of esters is 1. The van der Waals surface area contributed by atoms with Crippen LogP contribution in [0.3, 0.4) is 0 Å². The molecule has 0 aliphatic carbocycles. The number of carbonyl (C=O) groups is 1. The van der Waals surface area contributed by atoms with Crippen molar-refractivity contribution in [3.05, 3.63) is 12.7 Å². The van der Waals surface area contributed by atoms with Crippen LogP contribution in [0, 0.1) is 0 Å². The van der Waals surface area contributed by atoms with Crippen molar-refractivity contribution in [2.75, 3.05) is 5.94 Å². The fourth-order valence-electron chi connectivity index (χ4n) is 0.191. The Labute approximate surface area is 58.0 Å². The predicted octanol–water partition coefficient (Wildman–Crippen LogP) is -0.439. The number of ether oxygens (including phenoxy) is 1. The summed E-state index contributed by atoms with van der Waals surface area (Å²) >= 11 is 0. The molecule has 10 heavy (non-hydrogen) atoms. The highest BCUT2D eigenvalue weighted by atomic mass is 32.2. The Morgan fingerprint density at radius 1 is 1.70 bits per heavy atom. The molecular weight excluding hydrogens is 160 g/mol. The van der Waals surface area contributed by atoms with Gasteiger partial charge < -0.3 is 4.74 Å². The van der Waals surface area contributed by atoms with E-state index in [1.807, 2.05) is 0 Å². The van der Waals surface area contributed by atoms with Gasteiger partial charge >= 0.3 is 16.1 Å². The first kappa shape index (κ1) is 9.12. The van der Waals surface area contributed by atoms with Crippen molar-refractivity contribution < 1.29 is 22.5 Å². The molecule has 0 rings (SSSR count). The smallest absolute Gasteiger partial charge is 0.331 e. The average molecular weight is 166 g/mol. The van der Waals surface area contributed by atoms with Crippen LogP contribution in [-0.2, 0) is 19.6 Å². The zero-order valence-electron chi connectivity index (χ0n) is 4.98. The molecule has 0 aliphatic heterocycles. The van der Waals surface area contributed by atoms with Gasteiger partial charge in [0, 0.05) is 6.08 Å². The van der Waals surface area contributed by atoms with E-state index in [1.165, 1.54) is 0 Å². The van der Waals surface area contributed by atoms with Crippen molar-refractivity contribution in [3.8, 4) is 0 Å². The highest BCUT2D eigenvalue weighted by Crippen LogP contribution is 1.85. The van der Waals surface area contributed by atoms with E-state index in [1.54, 1.807) is 0 Å². The molecule has 0 saturated carbocycles. The second-order valence-electron chi connectivity index (χ2n) is 1.37. The van der Waals surface area contributed by atoms with Gasteiger partial charge in [-0.15, -0.1) is 0 Å². The van der Waals surface area contributed by atoms with Crippen LogP contribution >= 0.6 is 0 Å². The molecular formula is C4H6O5S. The van der Waals surface area contributed by atoms with Gasteiger partial charge in [-0.2, -0.15) is 8.42 Å². The van der Waals surface area contributed by atoms with Gasteiger partial charge in [-0.1, -0.05) is 6.58 Å². The van der Waals surface area contributed by atoms with E-state index in [4.69, 9.17) is 4.55 Å². The van der Waals surface area contributed by atoms with Gasteiger partial charge in [-0.05, 0) is 0 Å². The zero-order valence-corrected chi connectivity index (χ0v) is 5.80. The maximum Gasteiger partial charge on any atom is 0.331 e. The molecule has 0 bridgehead atoms. The van der Waals surface area contributed by atoms with Crippen molar-refractivity contribution in [1.29, 1.82) is 0 Å². The van der Waals surface area contributed by atoms with Gasteiger partial charge in [-0.25, -0.2) is 4.79 Å². The maximum atomic E-state index is 10.1. The molecule has 0 aromatic carbocycles. The number of hydrogen-bond acceptors (Lipinski definition) is 4. The second-order valence-corrected chi connectivity index (χ2v) is 2.77. The minimum atomic E-state index is -4.22. The van der Waals surface area contributed by atoms with E-state index in [-0.39, 0.29) is 0 Å². The molecule has 58 valence electrons. The van der Waals surface area contributed by atoms with E-state index in [9.17, 15) is 13.2 Å². The van der Waals surface area contributed by atoms with Crippen LogP contribution in [-0.4, -0.2) is 24.9 Å². The molecule has 0 unspecified atom stereocenters. The van der Waals surface area contributed by atoms with E-state index in [2.05, 4.69) is 11.3 Å². The van der Waals surface area contributed by atoms with Crippen LogP contribution in [0.4, 0.5) is 0 Å². The summed E-state index contributed by atoms with van der Waals surface area (Å²) in [6.45, 7) is 3.01. The molecule has 0 fully saturated rings. The summed E-state index contributed by atoms with van der Waals surface area (Å²) in [5, 5.41) is 0. The summed E-state index contributed by atoms with van der Waals surface area (Å²) in [6, 6.07) is 0. The van der Waals surface area contributed by atoms with E-state index in [0.717, 1.165) is 6.08 Å². The molecule has 0 amide bonds. The minimum Gasteiger partial charge on any atom is -0.444 e. The van der Waals surface area contributed by atoms with Crippen molar-refractivity contribution in [2.45, 2.75) is 0 Å².